The van der Waals surface area contributed by atoms with Crippen LogP contribution in [0.15, 0.2) is 30.3 Å². The number of benzene rings is 1. The summed E-state index contributed by atoms with van der Waals surface area (Å²) in [6.07, 6.45) is 2.27. The van der Waals surface area contributed by atoms with E-state index in [1.807, 2.05) is 44.3 Å². The number of hydrogen-bond donors (Lipinski definition) is 2. The van der Waals surface area contributed by atoms with E-state index in [1.54, 1.807) is 0 Å². The zero-order valence-corrected chi connectivity index (χ0v) is 12.3. The van der Waals surface area contributed by atoms with E-state index in [4.69, 9.17) is 0 Å². The van der Waals surface area contributed by atoms with E-state index in [1.165, 1.54) is 0 Å². The zero-order valence-electron chi connectivity index (χ0n) is 12.3. The lowest BCUT2D eigenvalue weighted by Crippen LogP contribution is -2.52. The largest absolute Gasteiger partial charge is 0.384 e. The van der Waals surface area contributed by atoms with Crippen molar-refractivity contribution in [2.45, 2.75) is 37.8 Å². The monoisotopic (exact) mass is 262 g/mol. The van der Waals surface area contributed by atoms with Crippen LogP contribution in [-0.4, -0.2) is 42.2 Å². The van der Waals surface area contributed by atoms with Crippen LogP contribution < -0.4 is 5.32 Å². The van der Waals surface area contributed by atoms with Gasteiger partial charge in [0.05, 0.1) is 5.60 Å². The number of nitrogens with zero attached hydrogens (tertiary/aromatic N) is 1. The molecule has 1 aliphatic rings. The van der Waals surface area contributed by atoms with Gasteiger partial charge < -0.3 is 10.4 Å². The number of β-amino-alcohol motifs (C(OH)–C–C–N with tert-alkyl or cyclic N) is 1. The Morgan fingerprint density at radius 3 is 2.37 bits per heavy atom. The van der Waals surface area contributed by atoms with E-state index in [0.29, 0.717) is 6.54 Å². The standard InChI is InChI=1S/C16H26N2O/c1-15(17-3)9-11-18(12-10-15)13-16(2,19)14-7-5-4-6-8-14/h4-8,17,19H,9-13H2,1-3H3. The quantitative estimate of drug-likeness (QED) is 0.871. The van der Waals surface area contributed by atoms with Crippen LogP contribution in [0, 0.1) is 0 Å². The molecular weight excluding hydrogens is 236 g/mol. The predicted molar refractivity (Wildman–Crippen MR) is 79.2 cm³/mol. The molecule has 0 aromatic heterocycles. The number of rotatable bonds is 4. The lowest BCUT2D eigenvalue weighted by molar-refractivity contribution is 0.00239. The van der Waals surface area contributed by atoms with E-state index < -0.39 is 5.60 Å². The van der Waals surface area contributed by atoms with Gasteiger partial charge in [0.15, 0.2) is 0 Å². The third kappa shape index (κ3) is 3.56. The third-order valence-electron chi connectivity index (χ3n) is 4.49. The van der Waals surface area contributed by atoms with E-state index >= 15 is 0 Å². The first-order valence-electron chi connectivity index (χ1n) is 7.14. The first-order valence-corrected chi connectivity index (χ1v) is 7.14. The van der Waals surface area contributed by atoms with Crippen molar-refractivity contribution < 1.29 is 5.11 Å². The average molecular weight is 262 g/mol. The van der Waals surface area contributed by atoms with Crippen molar-refractivity contribution in [3.8, 4) is 0 Å². The fourth-order valence-electron chi connectivity index (χ4n) is 2.78. The van der Waals surface area contributed by atoms with Crippen LogP contribution in [0.2, 0.25) is 0 Å². The molecule has 19 heavy (non-hydrogen) atoms. The van der Waals surface area contributed by atoms with Crippen LogP contribution in [0.1, 0.15) is 32.3 Å². The third-order valence-corrected chi connectivity index (χ3v) is 4.49. The summed E-state index contributed by atoms with van der Waals surface area (Å²) in [6.45, 7) is 6.98. The van der Waals surface area contributed by atoms with Gasteiger partial charge in [-0.15, -0.1) is 0 Å². The minimum Gasteiger partial charge on any atom is -0.384 e. The Morgan fingerprint density at radius 2 is 1.84 bits per heavy atom. The summed E-state index contributed by atoms with van der Waals surface area (Å²) in [7, 11) is 2.04. The van der Waals surface area contributed by atoms with Gasteiger partial charge in [-0.3, -0.25) is 4.90 Å². The molecule has 2 rings (SSSR count). The SMILES string of the molecule is CNC1(C)CCN(CC(C)(O)c2ccccc2)CC1. The molecule has 1 aliphatic heterocycles. The van der Waals surface area contributed by atoms with Gasteiger partial charge in [0.25, 0.3) is 0 Å². The Balaban J connectivity index is 1.95. The van der Waals surface area contributed by atoms with Gasteiger partial charge in [-0.2, -0.15) is 0 Å². The average Bonchev–Trinajstić information content (AvgIpc) is 2.42. The molecule has 106 valence electrons. The summed E-state index contributed by atoms with van der Waals surface area (Å²) in [6, 6.07) is 9.96. The van der Waals surface area contributed by atoms with Crippen molar-refractivity contribution in [3.05, 3.63) is 35.9 Å². The predicted octanol–water partition coefficient (Wildman–Crippen LogP) is 1.97. The number of hydrogen-bond acceptors (Lipinski definition) is 3. The highest BCUT2D eigenvalue weighted by molar-refractivity contribution is 5.21. The van der Waals surface area contributed by atoms with Gasteiger partial charge in [-0.05, 0) is 39.3 Å². The summed E-state index contributed by atoms with van der Waals surface area (Å²) >= 11 is 0. The highest BCUT2D eigenvalue weighted by Gasteiger charge is 2.32. The maximum Gasteiger partial charge on any atom is 0.0994 e. The van der Waals surface area contributed by atoms with Crippen molar-refractivity contribution in [1.82, 2.24) is 10.2 Å². The van der Waals surface area contributed by atoms with Crippen molar-refractivity contribution >= 4 is 0 Å². The number of nitrogens with one attached hydrogen (secondary N) is 1. The molecule has 1 unspecified atom stereocenters. The summed E-state index contributed by atoms with van der Waals surface area (Å²) in [5.41, 5.74) is 0.487. The molecule has 1 aromatic rings. The molecule has 0 aliphatic carbocycles. The van der Waals surface area contributed by atoms with Gasteiger partial charge in [0.2, 0.25) is 0 Å². The Morgan fingerprint density at radius 1 is 1.26 bits per heavy atom. The van der Waals surface area contributed by atoms with Gasteiger partial charge in [0.1, 0.15) is 0 Å². The number of aliphatic hydroxyl groups is 1. The second-order valence-electron chi connectivity index (χ2n) is 6.23. The van der Waals surface area contributed by atoms with Crippen molar-refractivity contribution in [1.29, 1.82) is 0 Å². The fraction of sp³-hybridized carbons (Fsp3) is 0.625. The second-order valence-corrected chi connectivity index (χ2v) is 6.23. The highest BCUT2D eigenvalue weighted by atomic mass is 16.3. The Labute approximate surface area is 116 Å². The molecule has 0 amide bonds. The van der Waals surface area contributed by atoms with Crippen molar-refractivity contribution in [2.24, 2.45) is 0 Å². The Hall–Kier alpha value is -0.900. The maximum absolute atomic E-state index is 10.7. The van der Waals surface area contributed by atoms with E-state index in [2.05, 4.69) is 17.1 Å². The normalized spacial score (nSPS) is 22.9. The van der Waals surface area contributed by atoms with Crippen molar-refractivity contribution in [3.63, 3.8) is 0 Å². The molecule has 3 heteroatoms. The lowest BCUT2D eigenvalue weighted by atomic mass is 9.88. The number of piperidine rings is 1. The van der Waals surface area contributed by atoms with Crippen LogP contribution in [0.25, 0.3) is 0 Å². The fourth-order valence-corrected chi connectivity index (χ4v) is 2.78. The Kier molecular flexibility index (Phi) is 4.29. The van der Waals surface area contributed by atoms with Crippen LogP contribution in [-0.2, 0) is 5.60 Å². The highest BCUT2D eigenvalue weighted by Crippen LogP contribution is 2.26. The zero-order chi connectivity index (χ0) is 13.9. The molecule has 1 atom stereocenters. The molecule has 0 saturated carbocycles. The summed E-state index contributed by atoms with van der Waals surface area (Å²) in [5, 5.41) is 14.1. The molecule has 2 N–H and O–H groups in total. The molecule has 0 radical (unpaired) electrons. The topological polar surface area (TPSA) is 35.5 Å². The van der Waals surface area contributed by atoms with E-state index in [9.17, 15) is 5.11 Å². The second kappa shape index (κ2) is 5.61. The first-order chi connectivity index (χ1) is 8.95. The van der Waals surface area contributed by atoms with Gasteiger partial charge in [0, 0.05) is 25.2 Å². The molecule has 0 bridgehead atoms. The smallest absolute Gasteiger partial charge is 0.0994 e. The first kappa shape index (κ1) is 14.5. The van der Waals surface area contributed by atoms with Crippen LogP contribution >= 0.6 is 0 Å². The van der Waals surface area contributed by atoms with Crippen LogP contribution in [0.3, 0.4) is 0 Å². The molecular formula is C16H26N2O. The van der Waals surface area contributed by atoms with Crippen molar-refractivity contribution in [2.75, 3.05) is 26.7 Å². The minimum absolute atomic E-state index is 0.259. The Bertz CT molecular complexity index is 394. The molecule has 1 aromatic carbocycles. The lowest BCUT2D eigenvalue weighted by Gasteiger charge is -2.41. The molecule has 1 heterocycles. The summed E-state index contributed by atoms with van der Waals surface area (Å²) in [4.78, 5) is 2.37. The molecule has 0 spiro atoms. The molecule has 1 fully saturated rings. The van der Waals surface area contributed by atoms with Gasteiger partial charge in [-0.1, -0.05) is 30.3 Å². The minimum atomic E-state index is -0.769. The van der Waals surface area contributed by atoms with Gasteiger partial charge in [-0.25, -0.2) is 0 Å². The maximum atomic E-state index is 10.7. The summed E-state index contributed by atoms with van der Waals surface area (Å²) < 4.78 is 0. The molecule has 1 saturated heterocycles. The van der Waals surface area contributed by atoms with Crippen LogP contribution in [0.4, 0.5) is 0 Å². The molecule has 3 nitrogen and oxygen atoms in total. The van der Waals surface area contributed by atoms with Gasteiger partial charge >= 0.3 is 0 Å². The summed E-state index contributed by atoms with van der Waals surface area (Å²) in [5.74, 6) is 0. The van der Waals surface area contributed by atoms with E-state index in [-0.39, 0.29) is 5.54 Å². The number of likely N-dealkylation sites (tertiary alicyclic amines) is 1. The van der Waals surface area contributed by atoms with E-state index in [0.717, 1.165) is 31.5 Å². The van der Waals surface area contributed by atoms with Crippen LogP contribution in [0.5, 0.6) is 0 Å².